The van der Waals surface area contributed by atoms with Crippen molar-refractivity contribution >= 4 is 40.3 Å². The molecule has 4 aromatic heterocycles. The average Bonchev–Trinajstić information content (AvgIpc) is 4.36. The zero-order valence-electron chi connectivity index (χ0n) is 44.3. The number of aliphatic hydroxyl groups excluding tert-OH is 2. The maximum atomic E-state index is 14.3. The fraction of sp³-hybridized carbons (Fsp3) is 0.491. The summed E-state index contributed by atoms with van der Waals surface area (Å²) in [6, 6.07) is 21.9. The molecule has 0 spiro atoms. The molecule has 6 aromatic rings. The van der Waals surface area contributed by atoms with Gasteiger partial charge in [0.15, 0.2) is 11.6 Å². The van der Waals surface area contributed by atoms with Crippen LogP contribution in [0.25, 0.3) is 21.7 Å². The zero-order valence-corrected chi connectivity index (χ0v) is 45.1. The van der Waals surface area contributed by atoms with Gasteiger partial charge in [0, 0.05) is 100 Å². The lowest BCUT2D eigenvalue weighted by Crippen LogP contribution is -2.54. The Balaban J connectivity index is 0.601. The van der Waals surface area contributed by atoms with E-state index < -0.39 is 18.1 Å². The first-order valence-electron chi connectivity index (χ1n) is 27.3. The number of phenols is 1. The first kappa shape index (κ1) is 53.1. The molecule has 4 aliphatic heterocycles. The molecule has 5 aliphatic rings. The van der Waals surface area contributed by atoms with Gasteiger partial charge in [-0.2, -0.15) is 0 Å². The van der Waals surface area contributed by atoms with Crippen LogP contribution in [0.4, 0.5) is 17.2 Å². The van der Waals surface area contributed by atoms with Crippen molar-refractivity contribution in [1.29, 1.82) is 0 Å². The molecule has 5 fully saturated rings. The molecule has 21 heteroatoms. The van der Waals surface area contributed by atoms with Gasteiger partial charge < -0.3 is 59.8 Å². The van der Waals surface area contributed by atoms with Crippen LogP contribution in [0.15, 0.2) is 89.0 Å². The minimum Gasteiger partial charge on any atom is -0.507 e. The monoisotopic (exact) mass is 1080 g/mol. The third-order valence-corrected chi connectivity index (χ3v) is 17.1. The number of rotatable bonds is 19. The predicted octanol–water partition coefficient (Wildman–Crippen LogP) is 6.34. The molecule has 2 amide bonds. The number of carbonyl (C=O) groups is 2. The summed E-state index contributed by atoms with van der Waals surface area (Å²) in [5.74, 6) is 0.219. The number of thiazole rings is 1. The van der Waals surface area contributed by atoms with Gasteiger partial charge in [0.2, 0.25) is 17.7 Å². The summed E-state index contributed by atoms with van der Waals surface area (Å²) in [6.45, 7) is 10.0. The van der Waals surface area contributed by atoms with E-state index in [4.69, 9.17) is 24.5 Å². The standard InChI is InChI=1S/C57H69N11O9S/c1-33(2)53(57(73)67-30-40(70)23-48(67)56(72)61-34(3)35-8-10-36(11-9-35)54-46(31-69)60-32-78-54)50-27-52(64-77-50)74-21-20-65-18-15-41(16-19-65)75-42-24-43(25-42)76-51-22-37(14-17-59-51)68-38-12-13-39(68)29-66(28-38)47-26-45(62-63-55(47)58)44-6-4-5-7-49(44)71/h4-11,14,17,22,26-27,32-34,38-43,48,53,69-71H,12-13,15-16,18-21,23-25,28-31H2,1-3H3,(H2,58,63)(H,61,72)/t34-,38+,39?,40+,42?,43?,48-,53-/m0/s1. The highest BCUT2D eigenvalue weighted by Gasteiger charge is 2.45. The number of phenolic OH excluding ortho intramolecular Hbond substituents is 1. The van der Waals surface area contributed by atoms with Crippen LogP contribution in [-0.2, 0) is 20.9 Å². The number of ether oxygens (including phenoxy) is 3. The quantitative estimate of drug-likeness (QED) is 0.0594. The third kappa shape index (κ3) is 11.5. The van der Waals surface area contributed by atoms with E-state index in [0.717, 1.165) is 92.1 Å². The van der Waals surface area contributed by atoms with E-state index in [-0.39, 0.29) is 79.5 Å². The Morgan fingerprint density at radius 2 is 1.65 bits per heavy atom. The van der Waals surface area contributed by atoms with Crippen LogP contribution in [-0.4, -0.2) is 151 Å². The van der Waals surface area contributed by atoms with Crippen molar-refractivity contribution in [1.82, 2.24) is 40.4 Å². The lowest BCUT2D eigenvalue weighted by Gasteiger charge is -2.43. The summed E-state index contributed by atoms with van der Waals surface area (Å²) in [5, 5.41) is 46.6. The molecule has 6 atom stereocenters. The molecule has 6 N–H and O–H groups in total. The van der Waals surface area contributed by atoms with Gasteiger partial charge in [-0.15, -0.1) is 21.5 Å². The number of fused-ring (bicyclic) bond motifs is 2. The average molecular weight is 1080 g/mol. The van der Waals surface area contributed by atoms with E-state index in [1.165, 1.54) is 16.2 Å². The number of hydrogen-bond acceptors (Lipinski definition) is 19. The van der Waals surface area contributed by atoms with Gasteiger partial charge in [0.05, 0.1) is 58.4 Å². The molecule has 2 aromatic carbocycles. The molecule has 8 heterocycles. The second kappa shape index (κ2) is 23.2. The number of β-amino-alcohol motifs (C(OH)–C–C–N with tert-alkyl or cyclic N) is 1. The highest BCUT2D eigenvalue weighted by atomic mass is 32.1. The Morgan fingerprint density at radius 1 is 0.885 bits per heavy atom. The summed E-state index contributed by atoms with van der Waals surface area (Å²) >= 11 is 1.46. The van der Waals surface area contributed by atoms with Crippen LogP contribution in [0.3, 0.4) is 0 Å². The maximum absolute atomic E-state index is 14.3. The fourth-order valence-corrected chi connectivity index (χ4v) is 12.8. The van der Waals surface area contributed by atoms with Crippen molar-refractivity contribution in [2.45, 2.75) is 127 Å². The first-order chi connectivity index (χ1) is 37.8. The maximum Gasteiger partial charge on any atom is 0.254 e. The number of likely N-dealkylation sites (tertiary alicyclic amines) is 2. The van der Waals surface area contributed by atoms with Crippen LogP contribution < -0.4 is 30.3 Å². The van der Waals surface area contributed by atoms with Crippen LogP contribution in [0.5, 0.6) is 17.5 Å². The zero-order chi connectivity index (χ0) is 54.0. The molecule has 2 bridgehead atoms. The molecular weight excluding hydrogens is 1010 g/mol. The number of carbonyl (C=O) groups excluding carboxylic acids is 2. The number of amides is 2. The molecule has 11 rings (SSSR count). The Bertz CT molecular complexity index is 3020. The molecule has 4 saturated heterocycles. The van der Waals surface area contributed by atoms with E-state index in [1.54, 1.807) is 23.7 Å². The number of nitrogens with two attached hydrogens (primary N) is 1. The molecule has 1 aliphatic carbocycles. The van der Waals surface area contributed by atoms with E-state index in [1.807, 2.05) is 69.4 Å². The Kier molecular flexibility index (Phi) is 15.8. The number of benzene rings is 2. The number of nitrogens with zero attached hydrogens (tertiary/aromatic N) is 9. The van der Waals surface area contributed by atoms with Crippen molar-refractivity contribution in [2.75, 3.05) is 61.4 Å². The summed E-state index contributed by atoms with van der Waals surface area (Å²) in [6.07, 6.45) is 7.13. The highest BCUT2D eigenvalue weighted by molar-refractivity contribution is 7.13. The van der Waals surface area contributed by atoms with Gasteiger partial charge in [-0.05, 0) is 79.1 Å². The number of nitrogen functional groups attached to an aromatic ring is 1. The number of anilines is 3. The Labute approximate surface area is 457 Å². The topological polar surface area (TPSA) is 251 Å². The number of piperazine rings is 1. The van der Waals surface area contributed by atoms with Crippen molar-refractivity contribution in [3.63, 3.8) is 0 Å². The van der Waals surface area contributed by atoms with E-state index in [9.17, 15) is 24.9 Å². The van der Waals surface area contributed by atoms with Crippen molar-refractivity contribution in [3.8, 4) is 39.2 Å². The van der Waals surface area contributed by atoms with Crippen LogP contribution in [0, 0.1) is 5.92 Å². The molecular formula is C57H69N11O9S. The van der Waals surface area contributed by atoms with E-state index >= 15 is 0 Å². The van der Waals surface area contributed by atoms with Crippen LogP contribution >= 0.6 is 11.3 Å². The molecule has 78 heavy (non-hydrogen) atoms. The summed E-state index contributed by atoms with van der Waals surface area (Å²) in [4.78, 5) is 46.4. The smallest absolute Gasteiger partial charge is 0.254 e. The third-order valence-electron chi connectivity index (χ3n) is 16.2. The summed E-state index contributed by atoms with van der Waals surface area (Å²) in [5.41, 5.74) is 13.7. The molecule has 20 nitrogen and oxygen atoms in total. The SMILES string of the molecule is CC(C)[C@H](C(=O)N1C[C@H](O)C[C@H]1C(=O)N[C@@H](C)c1ccc(-c2scnc2CO)cc1)c1cc(OCCN2CCC(OC3CC(Oc4cc(N5C6CC[C@@H]5CN(c5cc(-c7ccccc7O)nnc5N)C6)ccn4)C3)CC2)no1. The lowest BCUT2D eigenvalue weighted by molar-refractivity contribution is -0.141. The lowest BCUT2D eigenvalue weighted by atomic mass is 9.91. The predicted molar refractivity (Wildman–Crippen MR) is 293 cm³/mol. The summed E-state index contributed by atoms with van der Waals surface area (Å²) < 4.78 is 24.7. The second-order valence-electron chi connectivity index (χ2n) is 21.7. The number of nitrogens with one attached hydrogen (secondary N) is 1. The fourth-order valence-electron chi connectivity index (χ4n) is 12.0. The van der Waals surface area contributed by atoms with Crippen molar-refractivity contribution in [2.24, 2.45) is 5.92 Å². The Hall–Kier alpha value is -6.91. The van der Waals surface area contributed by atoms with E-state index in [2.05, 4.69) is 57.5 Å². The molecule has 412 valence electrons. The van der Waals surface area contributed by atoms with Gasteiger partial charge in [0.25, 0.3) is 5.88 Å². The van der Waals surface area contributed by atoms with Gasteiger partial charge in [0.1, 0.15) is 30.4 Å². The highest BCUT2D eigenvalue weighted by Crippen LogP contribution is 2.41. The minimum absolute atomic E-state index is 0.0328. The molecule has 1 saturated carbocycles. The largest absolute Gasteiger partial charge is 0.507 e. The van der Waals surface area contributed by atoms with Crippen molar-refractivity contribution < 1.29 is 43.6 Å². The number of hydrogen-bond donors (Lipinski definition) is 5. The number of pyridine rings is 1. The van der Waals surface area contributed by atoms with Crippen molar-refractivity contribution in [3.05, 3.63) is 102 Å². The number of aromatic nitrogens is 5. The number of aromatic hydroxyl groups is 1. The normalized spacial score (nSPS) is 23.3. The van der Waals surface area contributed by atoms with Crippen LogP contribution in [0.1, 0.15) is 94.7 Å². The first-order valence-corrected chi connectivity index (χ1v) is 28.2. The van der Waals surface area contributed by atoms with Gasteiger partial charge >= 0.3 is 0 Å². The van der Waals surface area contributed by atoms with Gasteiger partial charge in [-0.1, -0.05) is 50.2 Å². The summed E-state index contributed by atoms with van der Waals surface area (Å²) in [7, 11) is 0. The Morgan fingerprint density at radius 3 is 2.40 bits per heavy atom. The number of aliphatic hydroxyl groups is 2. The second-order valence-corrected chi connectivity index (χ2v) is 22.6. The number of para-hydroxylation sites is 1. The molecule has 1 unspecified atom stereocenters. The van der Waals surface area contributed by atoms with Gasteiger partial charge in [-0.25, -0.2) is 9.97 Å². The van der Waals surface area contributed by atoms with E-state index in [0.29, 0.717) is 53.4 Å². The number of piperidine rings is 1. The van der Waals surface area contributed by atoms with Crippen LogP contribution in [0.2, 0.25) is 0 Å². The van der Waals surface area contributed by atoms with Gasteiger partial charge in [-0.3, -0.25) is 14.5 Å². The minimum atomic E-state index is -0.858. The molecule has 0 radical (unpaired) electrons.